The second kappa shape index (κ2) is 5.34. The van der Waals surface area contributed by atoms with E-state index in [2.05, 4.69) is 9.71 Å². The summed E-state index contributed by atoms with van der Waals surface area (Å²) in [6.07, 6.45) is 3.72. The molecular weight excluding hydrogens is 290 g/mol. The lowest BCUT2D eigenvalue weighted by molar-refractivity contribution is 0.268. The van der Waals surface area contributed by atoms with E-state index in [9.17, 15) is 8.42 Å². The van der Waals surface area contributed by atoms with Crippen LogP contribution in [0.3, 0.4) is 0 Å². The van der Waals surface area contributed by atoms with E-state index in [-0.39, 0.29) is 10.9 Å². The second-order valence-corrected chi connectivity index (χ2v) is 6.47. The summed E-state index contributed by atoms with van der Waals surface area (Å²) in [7, 11) is -3.66. The van der Waals surface area contributed by atoms with E-state index < -0.39 is 10.0 Å². The number of nitrogens with one attached hydrogen (secondary N) is 1. The maximum Gasteiger partial charge on any atom is 0.261 e. The molecule has 1 aromatic carbocycles. The van der Waals surface area contributed by atoms with Crippen LogP contribution in [0.1, 0.15) is 18.0 Å². The molecule has 1 aliphatic rings. The van der Waals surface area contributed by atoms with Gasteiger partial charge in [0.25, 0.3) is 10.0 Å². The number of hydrogen-bond donors (Lipinski definition) is 2. The number of aromatic nitrogens is 1. The van der Waals surface area contributed by atoms with E-state index in [0.29, 0.717) is 24.5 Å². The van der Waals surface area contributed by atoms with Gasteiger partial charge in [0.05, 0.1) is 17.2 Å². The van der Waals surface area contributed by atoms with Crippen molar-refractivity contribution in [2.24, 2.45) is 5.73 Å². The molecule has 21 heavy (non-hydrogen) atoms. The van der Waals surface area contributed by atoms with Gasteiger partial charge in [-0.05, 0) is 30.3 Å². The van der Waals surface area contributed by atoms with Gasteiger partial charge in [0.2, 0.25) is 0 Å². The zero-order valence-electron chi connectivity index (χ0n) is 11.2. The quantitative estimate of drug-likeness (QED) is 0.899. The van der Waals surface area contributed by atoms with Crippen molar-refractivity contribution < 1.29 is 13.2 Å². The first kappa shape index (κ1) is 13.8. The largest absolute Gasteiger partial charge is 0.493 e. The molecule has 0 amide bonds. The van der Waals surface area contributed by atoms with Gasteiger partial charge in [-0.1, -0.05) is 0 Å². The van der Waals surface area contributed by atoms with Crippen LogP contribution in [-0.2, 0) is 10.0 Å². The Morgan fingerprint density at radius 1 is 1.24 bits per heavy atom. The van der Waals surface area contributed by atoms with Crippen molar-refractivity contribution >= 4 is 15.7 Å². The Kier molecular flexibility index (Phi) is 3.52. The predicted molar refractivity (Wildman–Crippen MR) is 78.5 cm³/mol. The molecule has 0 radical (unpaired) electrons. The average molecular weight is 305 g/mol. The summed E-state index contributed by atoms with van der Waals surface area (Å²) in [5.41, 5.74) is 7.19. The average Bonchev–Trinajstić information content (AvgIpc) is 2.48. The number of nitrogens with two attached hydrogens (primary N) is 1. The fraction of sp³-hybridized carbons (Fsp3) is 0.214. The topological polar surface area (TPSA) is 94.3 Å². The zero-order valence-corrected chi connectivity index (χ0v) is 12.0. The number of hydrogen-bond acceptors (Lipinski definition) is 5. The van der Waals surface area contributed by atoms with E-state index in [1.807, 2.05) is 0 Å². The highest BCUT2D eigenvalue weighted by Gasteiger charge is 2.22. The molecule has 3 rings (SSSR count). The van der Waals surface area contributed by atoms with Crippen molar-refractivity contribution in [1.29, 1.82) is 0 Å². The number of benzene rings is 1. The van der Waals surface area contributed by atoms with Crippen molar-refractivity contribution in [2.75, 3.05) is 11.3 Å². The van der Waals surface area contributed by atoms with Gasteiger partial charge in [0, 0.05) is 30.4 Å². The fourth-order valence-corrected chi connectivity index (χ4v) is 3.29. The lowest BCUT2D eigenvalue weighted by Gasteiger charge is -2.23. The first-order valence-electron chi connectivity index (χ1n) is 6.51. The van der Waals surface area contributed by atoms with Crippen LogP contribution in [0.2, 0.25) is 0 Å². The highest BCUT2D eigenvalue weighted by Crippen LogP contribution is 2.32. The summed E-state index contributed by atoms with van der Waals surface area (Å²) in [5.74, 6) is 0.650. The maximum absolute atomic E-state index is 12.4. The van der Waals surface area contributed by atoms with Crippen LogP contribution >= 0.6 is 0 Å². The van der Waals surface area contributed by atoms with E-state index >= 15 is 0 Å². The molecule has 1 aliphatic heterocycles. The molecule has 7 heteroatoms. The molecule has 1 aromatic heterocycles. The summed E-state index contributed by atoms with van der Waals surface area (Å²) >= 11 is 0. The number of fused-ring (bicyclic) bond motifs is 1. The van der Waals surface area contributed by atoms with Crippen LogP contribution in [0.4, 0.5) is 5.69 Å². The molecule has 0 saturated heterocycles. The first-order chi connectivity index (χ1) is 10.1. The van der Waals surface area contributed by atoms with Crippen LogP contribution in [0.25, 0.3) is 0 Å². The number of sulfonamides is 1. The van der Waals surface area contributed by atoms with Gasteiger partial charge in [0.15, 0.2) is 0 Å². The monoisotopic (exact) mass is 305 g/mol. The molecule has 0 aliphatic carbocycles. The third kappa shape index (κ3) is 2.84. The molecule has 0 bridgehead atoms. The lowest BCUT2D eigenvalue weighted by atomic mass is 10.0. The Labute approximate surface area is 123 Å². The zero-order chi connectivity index (χ0) is 14.9. The maximum atomic E-state index is 12.4. The Morgan fingerprint density at radius 3 is 2.76 bits per heavy atom. The number of nitrogens with zero attached hydrogens (tertiary/aromatic N) is 1. The molecule has 2 heterocycles. The molecule has 3 N–H and O–H groups in total. The Morgan fingerprint density at radius 2 is 2.00 bits per heavy atom. The number of ether oxygens (including phenoxy) is 1. The second-order valence-electron chi connectivity index (χ2n) is 4.78. The van der Waals surface area contributed by atoms with Crippen LogP contribution in [0.15, 0.2) is 47.6 Å². The summed E-state index contributed by atoms with van der Waals surface area (Å²) < 4.78 is 32.7. The van der Waals surface area contributed by atoms with Gasteiger partial charge >= 0.3 is 0 Å². The third-order valence-electron chi connectivity index (χ3n) is 3.31. The van der Waals surface area contributed by atoms with Crippen molar-refractivity contribution in [2.45, 2.75) is 17.4 Å². The third-order valence-corrected chi connectivity index (χ3v) is 4.69. The summed E-state index contributed by atoms with van der Waals surface area (Å²) in [4.78, 5) is 4.01. The molecule has 0 spiro atoms. The fourth-order valence-electron chi connectivity index (χ4n) is 2.20. The molecule has 1 unspecified atom stereocenters. The summed E-state index contributed by atoms with van der Waals surface area (Å²) in [5, 5.41) is 0. The molecule has 0 fully saturated rings. The van der Waals surface area contributed by atoms with Gasteiger partial charge in [0.1, 0.15) is 5.75 Å². The molecule has 0 saturated carbocycles. The van der Waals surface area contributed by atoms with Crippen LogP contribution < -0.4 is 15.2 Å². The number of pyridine rings is 1. The van der Waals surface area contributed by atoms with Crippen LogP contribution in [0, 0.1) is 0 Å². The van der Waals surface area contributed by atoms with E-state index in [4.69, 9.17) is 10.5 Å². The summed E-state index contributed by atoms with van der Waals surface area (Å²) in [6.45, 7) is 0.551. The molecule has 6 nitrogen and oxygen atoms in total. The lowest BCUT2D eigenvalue weighted by Crippen LogP contribution is -2.21. The van der Waals surface area contributed by atoms with Gasteiger partial charge in [-0.15, -0.1) is 0 Å². The van der Waals surface area contributed by atoms with E-state index in [0.717, 1.165) is 5.56 Å². The van der Waals surface area contributed by atoms with Crippen molar-refractivity contribution in [3.63, 3.8) is 0 Å². The van der Waals surface area contributed by atoms with Crippen LogP contribution in [0.5, 0.6) is 5.75 Å². The van der Waals surface area contributed by atoms with Crippen molar-refractivity contribution in [3.05, 3.63) is 48.3 Å². The Bertz CT molecular complexity index is 747. The standard InChI is InChI=1S/C14H15N3O3S/c15-13-5-8-20-14-2-1-11(9-12(13)14)21(18,19)17-10-3-6-16-7-4-10/h1-4,6-7,9,13H,5,8,15H2,(H,16,17). The number of rotatable bonds is 3. The van der Waals surface area contributed by atoms with E-state index in [1.165, 1.54) is 18.5 Å². The number of anilines is 1. The van der Waals surface area contributed by atoms with Gasteiger partial charge in [-0.25, -0.2) is 8.42 Å². The Hall–Kier alpha value is -2.12. The highest BCUT2D eigenvalue weighted by molar-refractivity contribution is 7.92. The minimum absolute atomic E-state index is 0.166. The van der Waals surface area contributed by atoms with E-state index in [1.54, 1.807) is 24.3 Å². The van der Waals surface area contributed by atoms with Crippen molar-refractivity contribution in [1.82, 2.24) is 4.98 Å². The normalized spacial score (nSPS) is 17.7. The first-order valence-corrected chi connectivity index (χ1v) is 8.00. The SMILES string of the molecule is NC1CCOc2ccc(S(=O)(=O)Nc3ccncc3)cc21. The smallest absolute Gasteiger partial charge is 0.261 e. The predicted octanol–water partition coefficient (Wildman–Crippen LogP) is 1.66. The van der Waals surface area contributed by atoms with Crippen LogP contribution in [-0.4, -0.2) is 20.0 Å². The molecule has 110 valence electrons. The van der Waals surface area contributed by atoms with Crippen molar-refractivity contribution in [3.8, 4) is 5.75 Å². The summed E-state index contributed by atoms with van der Waals surface area (Å²) in [6, 6.07) is 7.71. The van der Waals surface area contributed by atoms with Gasteiger partial charge in [-0.3, -0.25) is 9.71 Å². The minimum Gasteiger partial charge on any atom is -0.493 e. The Balaban J connectivity index is 1.94. The van der Waals surface area contributed by atoms with Gasteiger partial charge in [-0.2, -0.15) is 0 Å². The highest BCUT2D eigenvalue weighted by atomic mass is 32.2. The minimum atomic E-state index is -3.66. The molecule has 2 aromatic rings. The van der Waals surface area contributed by atoms with Gasteiger partial charge < -0.3 is 10.5 Å². The molecule has 1 atom stereocenters. The molecular formula is C14H15N3O3S.